The van der Waals surface area contributed by atoms with E-state index >= 15 is 0 Å². The van der Waals surface area contributed by atoms with E-state index in [1.54, 1.807) is 30.3 Å². The summed E-state index contributed by atoms with van der Waals surface area (Å²) >= 11 is 17.9. The summed E-state index contributed by atoms with van der Waals surface area (Å²) in [5.41, 5.74) is 1.37. The predicted octanol–water partition coefficient (Wildman–Crippen LogP) is 4.52. The molecule has 0 amide bonds. The first-order valence-corrected chi connectivity index (χ1v) is 5.83. The maximum absolute atomic E-state index is 11.0. The second-order valence-electron chi connectivity index (χ2n) is 3.28. The number of halogens is 3. The van der Waals surface area contributed by atoms with Gasteiger partial charge >= 0.3 is 0 Å². The number of hydrogen-bond donors (Lipinski definition) is 0. The first-order valence-electron chi connectivity index (χ1n) is 4.69. The molecule has 0 bridgehead atoms. The first kappa shape index (κ1) is 12.4. The molecule has 0 fully saturated rings. The van der Waals surface area contributed by atoms with Crippen molar-refractivity contribution in [3.05, 3.63) is 51.2 Å². The van der Waals surface area contributed by atoms with E-state index < -0.39 is 0 Å². The average Bonchev–Trinajstić information content (AvgIpc) is 2.30. The maximum atomic E-state index is 11.0. The molecule has 0 N–H and O–H groups in total. The number of carbonyl (C=O) groups excluding carboxylic acids is 1. The van der Waals surface area contributed by atoms with Gasteiger partial charge in [-0.3, -0.25) is 4.79 Å². The minimum Gasteiger partial charge on any atom is -0.296 e. The van der Waals surface area contributed by atoms with Gasteiger partial charge in [-0.25, -0.2) is 4.98 Å². The minimum atomic E-state index is 0.215. The molecule has 2 nitrogen and oxygen atoms in total. The van der Waals surface area contributed by atoms with Crippen LogP contribution in [0.5, 0.6) is 0 Å². The van der Waals surface area contributed by atoms with Crippen LogP contribution < -0.4 is 0 Å². The monoisotopic (exact) mass is 285 g/mol. The molecule has 2 rings (SSSR count). The molecule has 0 radical (unpaired) electrons. The molecule has 0 unspecified atom stereocenters. The van der Waals surface area contributed by atoms with Crippen molar-refractivity contribution in [2.45, 2.75) is 0 Å². The Hall–Kier alpha value is -1.09. The lowest BCUT2D eigenvalue weighted by molar-refractivity contribution is 0.111. The minimum absolute atomic E-state index is 0.215. The summed E-state index contributed by atoms with van der Waals surface area (Å²) in [7, 11) is 0. The van der Waals surface area contributed by atoms with E-state index in [9.17, 15) is 4.79 Å². The van der Waals surface area contributed by atoms with Crippen LogP contribution in [0.3, 0.4) is 0 Å². The fourth-order valence-corrected chi connectivity index (χ4v) is 2.26. The summed E-state index contributed by atoms with van der Waals surface area (Å²) in [6, 6.07) is 8.39. The molecule has 0 atom stereocenters. The average molecular weight is 287 g/mol. The van der Waals surface area contributed by atoms with Crippen molar-refractivity contribution in [3.63, 3.8) is 0 Å². The van der Waals surface area contributed by atoms with Crippen LogP contribution in [-0.4, -0.2) is 11.3 Å². The van der Waals surface area contributed by atoms with Crippen molar-refractivity contribution in [3.8, 4) is 11.1 Å². The van der Waals surface area contributed by atoms with Crippen LogP contribution in [0.2, 0.25) is 15.2 Å². The third kappa shape index (κ3) is 2.44. The zero-order chi connectivity index (χ0) is 12.4. The Kier molecular flexibility index (Phi) is 3.67. The number of pyridine rings is 1. The lowest BCUT2D eigenvalue weighted by Crippen LogP contribution is -1.93. The van der Waals surface area contributed by atoms with Crippen molar-refractivity contribution < 1.29 is 4.79 Å². The van der Waals surface area contributed by atoms with Crippen molar-refractivity contribution in [1.29, 1.82) is 0 Å². The summed E-state index contributed by atoms with van der Waals surface area (Å²) < 4.78 is 0. The first-order chi connectivity index (χ1) is 8.13. The van der Waals surface area contributed by atoms with E-state index in [2.05, 4.69) is 4.98 Å². The number of aromatic nitrogens is 1. The zero-order valence-electron chi connectivity index (χ0n) is 8.45. The van der Waals surface area contributed by atoms with E-state index in [1.165, 1.54) is 0 Å². The van der Waals surface area contributed by atoms with Crippen molar-refractivity contribution >= 4 is 41.1 Å². The van der Waals surface area contributed by atoms with Gasteiger partial charge in [0.15, 0.2) is 6.29 Å². The fourth-order valence-electron chi connectivity index (χ4n) is 1.51. The summed E-state index contributed by atoms with van der Waals surface area (Å²) in [5.74, 6) is 0. The summed E-state index contributed by atoms with van der Waals surface area (Å²) in [6.07, 6.45) is 0.626. The molecule has 0 saturated heterocycles. The van der Waals surface area contributed by atoms with E-state index in [-0.39, 0.29) is 10.8 Å². The number of rotatable bonds is 2. The van der Waals surface area contributed by atoms with Crippen LogP contribution in [0.4, 0.5) is 0 Å². The molecule has 0 aliphatic carbocycles. The third-order valence-electron chi connectivity index (χ3n) is 2.23. The largest absolute Gasteiger partial charge is 0.296 e. The van der Waals surface area contributed by atoms with Gasteiger partial charge in [-0.15, -0.1) is 0 Å². The van der Waals surface area contributed by atoms with Gasteiger partial charge in [-0.1, -0.05) is 40.9 Å². The topological polar surface area (TPSA) is 30.0 Å². The normalized spacial score (nSPS) is 10.3. The van der Waals surface area contributed by atoms with Gasteiger partial charge in [0.05, 0.1) is 0 Å². The second kappa shape index (κ2) is 5.05. The fraction of sp³-hybridized carbons (Fsp3) is 0. The molecule has 86 valence electrons. The van der Waals surface area contributed by atoms with Crippen LogP contribution in [0.1, 0.15) is 10.5 Å². The Labute approximate surface area is 113 Å². The number of hydrogen-bond acceptors (Lipinski definition) is 2. The second-order valence-corrected chi connectivity index (χ2v) is 4.48. The Morgan fingerprint density at radius 2 is 1.65 bits per heavy atom. The number of aldehydes is 1. The predicted molar refractivity (Wildman–Crippen MR) is 70.1 cm³/mol. The summed E-state index contributed by atoms with van der Waals surface area (Å²) in [5, 5.41) is 1.17. The molecule has 0 spiro atoms. The van der Waals surface area contributed by atoms with E-state index in [4.69, 9.17) is 34.8 Å². The Morgan fingerprint density at radius 3 is 2.24 bits per heavy atom. The summed E-state index contributed by atoms with van der Waals surface area (Å²) in [6.45, 7) is 0. The van der Waals surface area contributed by atoms with Crippen molar-refractivity contribution in [2.75, 3.05) is 0 Å². The number of benzene rings is 1. The van der Waals surface area contributed by atoms with Gasteiger partial charge in [-0.2, -0.15) is 0 Å². The lowest BCUT2D eigenvalue weighted by Gasteiger charge is -2.08. The summed E-state index contributed by atoms with van der Waals surface area (Å²) in [4.78, 5) is 14.9. The third-order valence-corrected chi connectivity index (χ3v) is 3.07. The molecule has 1 aromatic carbocycles. The van der Waals surface area contributed by atoms with Gasteiger partial charge < -0.3 is 0 Å². The standard InChI is InChI=1S/C12H6Cl3NO/c13-8-2-1-3-9(14)12(8)7-4-5-11(15)16-10(7)6-17/h1-6H. The van der Waals surface area contributed by atoms with Crippen LogP contribution in [-0.2, 0) is 0 Å². The van der Waals surface area contributed by atoms with Gasteiger partial charge in [-0.05, 0) is 24.3 Å². The van der Waals surface area contributed by atoms with Crippen molar-refractivity contribution in [2.24, 2.45) is 0 Å². The van der Waals surface area contributed by atoms with Gasteiger partial charge in [0.2, 0.25) is 0 Å². The quantitative estimate of drug-likeness (QED) is 0.600. The molecule has 1 aromatic heterocycles. The van der Waals surface area contributed by atoms with E-state index in [0.717, 1.165) is 0 Å². The van der Waals surface area contributed by atoms with Crippen LogP contribution in [0, 0.1) is 0 Å². The highest BCUT2D eigenvalue weighted by atomic mass is 35.5. The molecule has 0 saturated carbocycles. The number of carbonyl (C=O) groups is 1. The highest BCUT2D eigenvalue weighted by molar-refractivity contribution is 6.39. The van der Waals surface area contributed by atoms with Crippen LogP contribution in [0.25, 0.3) is 11.1 Å². The highest BCUT2D eigenvalue weighted by Crippen LogP contribution is 2.35. The van der Waals surface area contributed by atoms with E-state index in [1.807, 2.05) is 0 Å². The molecular weight excluding hydrogens is 280 g/mol. The molecule has 5 heteroatoms. The lowest BCUT2D eigenvalue weighted by atomic mass is 10.0. The molecular formula is C12H6Cl3NO. The van der Waals surface area contributed by atoms with Gasteiger partial charge in [0, 0.05) is 21.2 Å². The molecule has 0 aliphatic rings. The van der Waals surface area contributed by atoms with E-state index in [0.29, 0.717) is 27.5 Å². The Bertz CT molecular complexity index is 564. The van der Waals surface area contributed by atoms with Gasteiger partial charge in [0.25, 0.3) is 0 Å². The highest BCUT2D eigenvalue weighted by Gasteiger charge is 2.13. The molecule has 17 heavy (non-hydrogen) atoms. The van der Waals surface area contributed by atoms with Crippen molar-refractivity contribution in [1.82, 2.24) is 4.98 Å². The molecule has 1 heterocycles. The zero-order valence-corrected chi connectivity index (χ0v) is 10.7. The Morgan fingerprint density at radius 1 is 1.00 bits per heavy atom. The molecule has 2 aromatic rings. The van der Waals surface area contributed by atoms with Crippen LogP contribution >= 0.6 is 34.8 Å². The smallest absolute Gasteiger partial charge is 0.169 e. The molecule has 0 aliphatic heterocycles. The maximum Gasteiger partial charge on any atom is 0.169 e. The van der Waals surface area contributed by atoms with Gasteiger partial charge in [0.1, 0.15) is 10.8 Å². The SMILES string of the molecule is O=Cc1nc(Cl)ccc1-c1c(Cl)cccc1Cl. The number of nitrogens with zero attached hydrogens (tertiary/aromatic N) is 1. The Balaban J connectivity index is 2.72. The van der Waals surface area contributed by atoms with Crippen LogP contribution in [0.15, 0.2) is 30.3 Å².